The highest BCUT2D eigenvalue weighted by atomic mass is 32.2. The van der Waals surface area contributed by atoms with Gasteiger partial charge in [-0.1, -0.05) is 6.92 Å². The van der Waals surface area contributed by atoms with Gasteiger partial charge in [0, 0.05) is 13.1 Å². The van der Waals surface area contributed by atoms with Gasteiger partial charge in [-0.05, 0) is 32.4 Å². The third kappa shape index (κ3) is 6.20. The van der Waals surface area contributed by atoms with E-state index in [2.05, 4.69) is 12.2 Å². The van der Waals surface area contributed by atoms with Crippen LogP contribution in [0.4, 0.5) is 0 Å². The van der Waals surface area contributed by atoms with Crippen LogP contribution in [0.15, 0.2) is 0 Å². The van der Waals surface area contributed by atoms with Gasteiger partial charge in [-0.25, -0.2) is 21.1 Å². The van der Waals surface area contributed by atoms with Gasteiger partial charge in [-0.2, -0.15) is 0 Å². The fourth-order valence-electron chi connectivity index (χ4n) is 2.00. The lowest BCUT2D eigenvalue weighted by molar-refractivity contribution is 0.433. The zero-order valence-corrected chi connectivity index (χ0v) is 13.1. The molecule has 0 unspecified atom stereocenters. The van der Waals surface area contributed by atoms with E-state index in [9.17, 15) is 16.8 Å². The first kappa shape index (κ1) is 16.9. The average molecular weight is 312 g/mol. The lowest BCUT2D eigenvalue weighted by Gasteiger charge is -2.19. The van der Waals surface area contributed by atoms with Gasteiger partial charge in [-0.15, -0.1) is 0 Å². The van der Waals surface area contributed by atoms with Gasteiger partial charge in [-0.3, -0.25) is 0 Å². The van der Waals surface area contributed by atoms with E-state index in [4.69, 9.17) is 0 Å². The maximum Gasteiger partial charge on any atom is 0.214 e. The van der Waals surface area contributed by atoms with Crippen molar-refractivity contribution in [2.75, 3.05) is 43.4 Å². The minimum absolute atomic E-state index is 0.0552. The second-order valence-corrected chi connectivity index (χ2v) is 9.22. The highest BCUT2D eigenvalue weighted by Crippen LogP contribution is 2.10. The zero-order valence-electron chi connectivity index (χ0n) is 11.5. The summed E-state index contributed by atoms with van der Waals surface area (Å²) in [4.78, 5) is 0. The summed E-state index contributed by atoms with van der Waals surface area (Å²) >= 11 is 0. The summed E-state index contributed by atoms with van der Waals surface area (Å²) in [6, 6.07) is 0. The quantitative estimate of drug-likeness (QED) is 0.660. The van der Waals surface area contributed by atoms with E-state index in [1.807, 2.05) is 0 Å². The van der Waals surface area contributed by atoms with Crippen molar-refractivity contribution < 1.29 is 16.8 Å². The normalized spacial score (nSPS) is 21.1. The molecule has 1 heterocycles. The van der Waals surface area contributed by atoms with E-state index < -0.39 is 19.9 Å². The summed E-state index contributed by atoms with van der Waals surface area (Å²) < 4.78 is 48.4. The summed E-state index contributed by atoms with van der Waals surface area (Å²) in [6.07, 6.45) is 1.98. The summed E-state index contributed by atoms with van der Waals surface area (Å²) in [5, 5.41) is 3.16. The van der Waals surface area contributed by atoms with Crippen LogP contribution < -0.4 is 5.32 Å². The number of hydrogen-bond acceptors (Lipinski definition) is 5. The first-order valence-corrected chi connectivity index (χ1v) is 10.2. The molecule has 0 aromatic heterocycles. The molecule has 8 heteroatoms. The van der Waals surface area contributed by atoms with Gasteiger partial charge in [0.2, 0.25) is 10.0 Å². The monoisotopic (exact) mass is 312 g/mol. The van der Waals surface area contributed by atoms with Crippen molar-refractivity contribution in [3.05, 3.63) is 0 Å². The molecule has 19 heavy (non-hydrogen) atoms. The second kappa shape index (κ2) is 7.56. The molecule has 1 saturated heterocycles. The number of nitrogens with zero attached hydrogens (tertiary/aromatic N) is 1. The van der Waals surface area contributed by atoms with E-state index >= 15 is 0 Å². The van der Waals surface area contributed by atoms with E-state index in [1.165, 1.54) is 4.31 Å². The van der Waals surface area contributed by atoms with Crippen molar-refractivity contribution in [3.8, 4) is 0 Å². The third-order valence-corrected chi connectivity index (χ3v) is 6.76. The van der Waals surface area contributed by atoms with Gasteiger partial charge in [0.15, 0.2) is 9.84 Å². The summed E-state index contributed by atoms with van der Waals surface area (Å²) in [5.74, 6) is 0.126. The van der Waals surface area contributed by atoms with Gasteiger partial charge in [0.05, 0.1) is 17.3 Å². The predicted octanol–water partition coefficient (Wildman–Crippen LogP) is -0.174. The molecule has 114 valence electrons. The van der Waals surface area contributed by atoms with Crippen LogP contribution in [0, 0.1) is 0 Å². The molecule has 1 aliphatic rings. The van der Waals surface area contributed by atoms with Crippen LogP contribution in [-0.2, 0) is 19.9 Å². The van der Waals surface area contributed by atoms with E-state index in [-0.39, 0.29) is 23.8 Å². The van der Waals surface area contributed by atoms with Crippen LogP contribution in [0.1, 0.15) is 26.2 Å². The highest BCUT2D eigenvalue weighted by molar-refractivity contribution is 7.91. The number of rotatable bonds is 7. The molecule has 0 amide bonds. The first-order valence-electron chi connectivity index (χ1n) is 6.76. The molecule has 0 bridgehead atoms. The van der Waals surface area contributed by atoms with Gasteiger partial charge in [0.25, 0.3) is 0 Å². The third-order valence-electron chi connectivity index (χ3n) is 3.09. The Labute approximate surface area is 116 Å². The van der Waals surface area contributed by atoms with Crippen molar-refractivity contribution in [1.29, 1.82) is 0 Å². The molecule has 1 rings (SSSR count). The molecule has 0 atom stereocenters. The largest absolute Gasteiger partial charge is 0.317 e. The smallest absolute Gasteiger partial charge is 0.214 e. The Bertz CT molecular complexity index is 459. The number of nitrogens with one attached hydrogen (secondary N) is 1. The number of hydrogen-bond donors (Lipinski definition) is 1. The molecule has 0 aliphatic carbocycles. The SMILES string of the molecule is CCCNCCCS(=O)(=O)N1CCCS(=O)(=O)CC1. The van der Waals surface area contributed by atoms with Crippen molar-refractivity contribution in [2.24, 2.45) is 0 Å². The van der Waals surface area contributed by atoms with Gasteiger partial charge < -0.3 is 5.32 Å². The van der Waals surface area contributed by atoms with E-state index in [0.717, 1.165) is 13.0 Å². The summed E-state index contributed by atoms with van der Waals surface area (Å²) in [6.45, 7) is 4.06. The van der Waals surface area contributed by atoms with Crippen LogP contribution in [0.2, 0.25) is 0 Å². The van der Waals surface area contributed by atoms with E-state index in [1.54, 1.807) is 0 Å². The number of sulfonamides is 1. The molecular formula is C11H24N2O4S2. The van der Waals surface area contributed by atoms with Crippen molar-refractivity contribution in [3.63, 3.8) is 0 Å². The van der Waals surface area contributed by atoms with Crippen LogP contribution in [0.3, 0.4) is 0 Å². The Morgan fingerprint density at radius 1 is 1.16 bits per heavy atom. The van der Waals surface area contributed by atoms with Crippen molar-refractivity contribution in [2.45, 2.75) is 26.2 Å². The Morgan fingerprint density at radius 3 is 2.58 bits per heavy atom. The van der Waals surface area contributed by atoms with Crippen LogP contribution in [0.5, 0.6) is 0 Å². The maximum absolute atomic E-state index is 12.1. The molecule has 1 fully saturated rings. The fraction of sp³-hybridized carbons (Fsp3) is 1.00. The molecular weight excluding hydrogens is 288 g/mol. The second-order valence-electron chi connectivity index (χ2n) is 4.82. The van der Waals surface area contributed by atoms with Crippen molar-refractivity contribution >= 4 is 19.9 Å². The molecule has 6 nitrogen and oxygen atoms in total. The molecule has 1 N–H and O–H groups in total. The summed E-state index contributed by atoms with van der Waals surface area (Å²) in [5.41, 5.74) is 0. The summed E-state index contributed by atoms with van der Waals surface area (Å²) in [7, 11) is -6.38. The van der Waals surface area contributed by atoms with Crippen molar-refractivity contribution in [1.82, 2.24) is 9.62 Å². The highest BCUT2D eigenvalue weighted by Gasteiger charge is 2.26. The Morgan fingerprint density at radius 2 is 1.89 bits per heavy atom. The minimum Gasteiger partial charge on any atom is -0.317 e. The average Bonchev–Trinajstić information content (AvgIpc) is 2.50. The maximum atomic E-state index is 12.1. The molecule has 0 spiro atoms. The Kier molecular flexibility index (Phi) is 6.72. The molecule has 0 radical (unpaired) electrons. The predicted molar refractivity (Wildman–Crippen MR) is 76.4 cm³/mol. The Balaban J connectivity index is 2.44. The van der Waals surface area contributed by atoms with Gasteiger partial charge in [0.1, 0.15) is 0 Å². The van der Waals surface area contributed by atoms with Gasteiger partial charge >= 0.3 is 0 Å². The van der Waals surface area contributed by atoms with Crippen LogP contribution >= 0.6 is 0 Å². The molecule has 1 aliphatic heterocycles. The van der Waals surface area contributed by atoms with Crippen LogP contribution in [-0.4, -0.2) is 64.6 Å². The fourth-order valence-corrected chi connectivity index (χ4v) is 4.94. The lowest BCUT2D eigenvalue weighted by atomic mass is 10.4. The van der Waals surface area contributed by atoms with Crippen LogP contribution in [0.25, 0.3) is 0 Å². The molecule has 0 aromatic carbocycles. The minimum atomic E-state index is -3.32. The van der Waals surface area contributed by atoms with E-state index in [0.29, 0.717) is 25.9 Å². The number of sulfone groups is 1. The Hall–Kier alpha value is -0.180. The first-order chi connectivity index (χ1) is 8.87. The molecule has 0 aromatic rings. The topological polar surface area (TPSA) is 83.6 Å². The standard InChI is InChI=1S/C11H24N2O4S2/c1-2-5-12-6-3-10-19(16,17)13-7-4-9-18(14,15)11-8-13/h12H,2-11H2,1H3. The lowest BCUT2D eigenvalue weighted by Crippen LogP contribution is -2.36. The zero-order chi connectivity index (χ0) is 14.4. The molecule has 0 saturated carbocycles.